The van der Waals surface area contributed by atoms with Crippen LogP contribution in [0.5, 0.6) is 5.75 Å². The third-order valence-electron chi connectivity index (χ3n) is 10.2. The Morgan fingerprint density at radius 1 is 0.840 bits per heavy atom. The molecular weight excluding hydrogens is 624 g/mol. The van der Waals surface area contributed by atoms with Gasteiger partial charge < -0.3 is 20.1 Å². The Labute approximate surface area is 295 Å². The minimum Gasteiger partial charge on any atom is -0.489 e. The molecule has 0 spiro atoms. The van der Waals surface area contributed by atoms with E-state index in [1.165, 1.54) is 5.56 Å². The molecule has 0 bridgehead atoms. The number of carbonyl (C=O) groups excluding carboxylic acids is 2. The van der Waals surface area contributed by atoms with Gasteiger partial charge in [-0.15, -0.1) is 0 Å². The first kappa shape index (κ1) is 34.9. The van der Waals surface area contributed by atoms with E-state index in [4.69, 9.17) is 4.74 Å². The quantitative estimate of drug-likeness (QED) is 0.169. The van der Waals surface area contributed by atoms with Gasteiger partial charge in [0.2, 0.25) is 11.8 Å². The van der Waals surface area contributed by atoms with E-state index >= 15 is 0 Å². The highest BCUT2D eigenvalue weighted by atomic mass is 16.5. The Morgan fingerprint density at radius 2 is 1.50 bits per heavy atom. The molecule has 1 aliphatic heterocycles. The molecule has 6 rings (SSSR count). The average molecular weight is 673 g/mol. The fraction of sp³-hybridized carbons (Fsp3) is 0.372. The van der Waals surface area contributed by atoms with E-state index in [1.54, 1.807) is 4.90 Å². The van der Waals surface area contributed by atoms with E-state index in [0.717, 1.165) is 59.1 Å². The van der Waals surface area contributed by atoms with Crippen LogP contribution in [0.3, 0.4) is 0 Å². The fourth-order valence-electron chi connectivity index (χ4n) is 7.16. The Bertz CT molecular complexity index is 1790. The number of nitrogens with zero attached hydrogens (tertiary/aromatic N) is 1. The van der Waals surface area contributed by atoms with Crippen molar-refractivity contribution in [2.45, 2.75) is 96.4 Å². The predicted octanol–water partition coefficient (Wildman–Crippen LogP) is 7.88. The van der Waals surface area contributed by atoms with Gasteiger partial charge in [-0.1, -0.05) is 119 Å². The standard InChI is InChI=1S/C43H48N2O5/c1-43(2,3)36-20-15-31(16-21-36)28-50-37-22-19-34-26-39(45(27-35(34)25-37)40(46)24-29-9-7-8-10-29)41(47)44-38(42(48)49)23-30-13-17-33(18-14-30)32-11-5-4-6-12-32/h4-6,11-22,25,29,38-39H,7-10,23-24,26-28H2,1-3H3,(H,44,47)(H,48,49)/t38-,39-/m0/s1. The van der Waals surface area contributed by atoms with Gasteiger partial charge in [-0.05, 0) is 75.3 Å². The minimum absolute atomic E-state index is 0.0589. The Kier molecular flexibility index (Phi) is 10.7. The summed E-state index contributed by atoms with van der Waals surface area (Å²) in [5, 5.41) is 12.9. The van der Waals surface area contributed by atoms with Crippen LogP contribution in [0.4, 0.5) is 0 Å². The Balaban J connectivity index is 1.16. The number of aliphatic carboxylic acids is 1. The van der Waals surface area contributed by atoms with E-state index in [0.29, 0.717) is 31.1 Å². The normalized spacial score (nSPS) is 16.8. The monoisotopic (exact) mass is 672 g/mol. The molecule has 1 saturated carbocycles. The smallest absolute Gasteiger partial charge is 0.326 e. The molecule has 2 amide bonds. The van der Waals surface area contributed by atoms with E-state index in [-0.39, 0.29) is 24.3 Å². The molecule has 0 radical (unpaired) electrons. The molecule has 0 unspecified atom stereocenters. The molecule has 4 aromatic rings. The number of fused-ring (bicyclic) bond motifs is 1. The molecule has 1 heterocycles. The first-order valence-electron chi connectivity index (χ1n) is 17.8. The topological polar surface area (TPSA) is 95.9 Å². The van der Waals surface area contributed by atoms with Crippen molar-refractivity contribution in [3.63, 3.8) is 0 Å². The maximum atomic E-state index is 13.9. The van der Waals surface area contributed by atoms with Crippen LogP contribution in [0.15, 0.2) is 97.1 Å². The lowest BCUT2D eigenvalue weighted by Gasteiger charge is -2.37. The molecule has 1 fully saturated rings. The zero-order valence-electron chi connectivity index (χ0n) is 29.4. The zero-order valence-corrected chi connectivity index (χ0v) is 29.4. The summed E-state index contributed by atoms with van der Waals surface area (Å²) in [4.78, 5) is 41.8. The van der Waals surface area contributed by atoms with Crippen molar-refractivity contribution >= 4 is 17.8 Å². The lowest BCUT2D eigenvalue weighted by Crippen LogP contribution is -2.56. The number of carbonyl (C=O) groups is 3. The second-order valence-electron chi connectivity index (χ2n) is 14.9. The van der Waals surface area contributed by atoms with Crippen molar-refractivity contribution in [1.82, 2.24) is 10.2 Å². The van der Waals surface area contributed by atoms with Crippen molar-refractivity contribution in [1.29, 1.82) is 0 Å². The molecular formula is C43H48N2O5. The maximum absolute atomic E-state index is 13.9. The van der Waals surface area contributed by atoms with Gasteiger partial charge in [0, 0.05) is 25.8 Å². The van der Waals surface area contributed by atoms with Crippen molar-refractivity contribution < 1.29 is 24.2 Å². The van der Waals surface area contributed by atoms with Crippen LogP contribution in [0.2, 0.25) is 0 Å². The van der Waals surface area contributed by atoms with Gasteiger partial charge in [0.15, 0.2) is 0 Å². The summed E-state index contributed by atoms with van der Waals surface area (Å²) >= 11 is 0. The molecule has 7 heteroatoms. The highest BCUT2D eigenvalue weighted by Crippen LogP contribution is 2.32. The molecule has 1 aliphatic carbocycles. The van der Waals surface area contributed by atoms with Crippen LogP contribution in [-0.4, -0.2) is 39.9 Å². The molecule has 2 atom stereocenters. The number of hydrogen-bond acceptors (Lipinski definition) is 4. The number of hydrogen-bond donors (Lipinski definition) is 2. The molecule has 7 nitrogen and oxygen atoms in total. The summed E-state index contributed by atoms with van der Waals surface area (Å²) in [7, 11) is 0. The van der Waals surface area contributed by atoms with Crippen LogP contribution in [-0.2, 0) is 45.8 Å². The molecule has 50 heavy (non-hydrogen) atoms. The van der Waals surface area contributed by atoms with E-state index < -0.39 is 24.0 Å². The van der Waals surface area contributed by atoms with Crippen LogP contribution in [0.25, 0.3) is 11.1 Å². The number of amides is 2. The third kappa shape index (κ3) is 8.62. The first-order chi connectivity index (χ1) is 24.0. The fourth-order valence-corrected chi connectivity index (χ4v) is 7.16. The molecule has 2 N–H and O–H groups in total. The lowest BCUT2D eigenvalue weighted by atomic mass is 9.87. The molecule has 0 saturated heterocycles. The van der Waals surface area contributed by atoms with Gasteiger partial charge in [0.25, 0.3) is 0 Å². The molecule has 2 aliphatic rings. The van der Waals surface area contributed by atoms with Gasteiger partial charge in [0.1, 0.15) is 24.4 Å². The van der Waals surface area contributed by atoms with Gasteiger partial charge in [-0.3, -0.25) is 9.59 Å². The van der Waals surface area contributed by atoms with E-state index in [1.807, 2.05) is 72.8 Å². The van der Waals surface area contributed by atoms with Crippen molar-refractivity contribution in [2.75, 3.05) is 0 Å². The van der Waals surface area contributed by atoms with Crippen molar-refractivity contribution in [3.05, 3.63) is 125 Å². The number of benzene rings is 4. The highest BCUT2D eigenvalue weighted by Gasteiger charge is 2.37. The van der Waals surface area contributed by atoms with Crippen molar-refractivity contribution in [2.24, 2.45) is 5.92 Å². The van der Waals surface area contributed by atoms with Crippen LogP contribution in [0, 0.1) is 5.92 Å². The summed E-state index contributed by atoms with van der Waals surface area (Å²) < 4.78 is 6.18. The van der Waals surface area contributed by atoms with Gasteiger partial charge in [-0.2, -0.15) is 0 Å². The number of ether oxygens (including phenoxy) is 1. The van der Waals surface area contributed by atoms with Gasteiger partial charge in [0.05, 0.1) is 0 Å². The van der Waals surface area contributed by atoms with E-state index in [2.05, 4.69) is 50.4 Å². The SMILES string of the molecule is CC(C)(C)c1ccc(COc2ccc3c(c2)CN(C(=O)CC2CCCC2)[C@H](C(=O)N[C@@H](Cc2ccc(-c4ccccc4)cc2)C(=O)O)C3)cc1. The number of carboxylic acids is 1. The van der Waals surface area contributed by atoms with Crippen molar-refractivity contribution in [3.8, 4) is 16.9 Å². The summed E-state index contributed by atoms with van der Waals surface area (Å²) in [6.45, 7) is 7.27. The maximum Gasteiger partial charge on any atom is 0.326 e. The minimum atomic E-state index is -1.13. The summed E-state index contributed by atoms with van der Waals surface area (Å²) in [5.74, 6) is -0.587. The average Bonchev–Trinajstić information content (AvgIpc) is 3.63. The zero-order chi connectivity index (χ0) is 35.3. The van der Waals surface area contributed by atoms with Gasteiger partial charge in [-0.25, -0.2) is 4.79 Å². The predicted molar refractivity (Wildman–Crippen MR) is 196 cm³/mol. The molecule has 260 valence electrons. The highest BCUT2D eigenvalue weighted by molar-refractivity contribution is 5.91. The van der Waals surface area contributed by atoms with Crippen LogP contribution in [0.1, 0.15) is 80.7 Å². The lowest BCUT2D eigenvalue weighted by molar-refractivity contribution is -0.145. The van der Waals surface area contributed by atoms with Gasteiger partial charge >= 0.3 is 5.97 Å². The number of carboxylic acid groups (broad SMARTS) is 1. The molecule has 4 aromatic carbocycles. The Morgan fingerprint density at radius 3 is 2.16 bits per heavy atom. The second-order valence-corrected chi connectivity index (χ2v) is 14.9. The summed E-state index contributed by atoms with van der Waals surface area (Å²) in [6, 6.07) is 30.1. The summed E-state index contributed by atoms with van der Waals surface area (Å²) in [5.41, 5.74) is 7.24. The van der Waals surface area contributed by atoms with Crippen LogP contribution < -0.4 is 10.1 Å². The van der Waals surface area contributed by atoms with Crippen LogP contribution >= 0.6 is 0 Å². The number of nitrogens with one attached hydrogen (secondary N) is 1. The second kappa shape index (κ2) is 15.3. The molecule has 0 aromatic heterocycles. The van der Waals surface area contributed by atoms with E-state index in [9.17, 15) is 19.5 Å². The third-order valence-corrected chi connectivity index (χ3v) is 10.2. The Hall–Kier alpha value is -4.91. The summed E-state index contributed by atoms with van der Waals surface area (Å²) in [6.07, 6.45) is 5.13. The largest absolute Gasteiger partial charge is 0.489 e. The number of rotatable bonds is 11. The first-order valence-corrected chi connectivity index (χ1v) is 17.8.